The highest BCUT2D eigenvalue weighted by Crippen LogP contribution is 2.59. The lowest BCUT2D eigenvalue weighted by Crippen LogP contribution is -2.19. The molecule has 0 saturated carbocycles. The van der Waals surface area contributed by atoms with E-state index < -0.39 is 0 Å². The third kappa shape index (κ3) is 7.42. The smallest absolute Gasteiger partial charge is 0.0620 e. The molecular weight excluding hydrogens is 1060 g/mol. The van der Waals surface area contributed by atoms with E-state index >= 15 is 0 Å². The van der Waals surface area contributed by atoms with Gasteiger partial charge in [0.05, 0.1) is 11.4 Å². The molecule has 0 N–H and O–H groups in total. The van der Waals surface area contributed by atoms with E-state index in [1.54, 1.807) is 0 Å². The van der Waals surface area contributed by atoms with Gasteiger partial charge >= 0.3 is 0 Å². The van der Waals surface area contributed by atoms with Gasteiger partial charge in [-0.15, -0.1) is 0 Å². The van der Waals surface area contributed by atoms with E-state index in [4.69, 9.17) is 0 Å². The molecule has 13 aromatic carbocycles. The molecule has 13 aromatic rings. The van der Waals surface area contributed by atoms with Crippen molar-refractivity contribution >= 4 is 55.7 Å². The first kappa shape index (κ1) is 52.3. The van der Waals surface area contributed by atoms with E-state index in [0.717, 1.165) is 66.8 Å². The molecule has 0 fully saturated rings. The number of anilines is 6. The van der Waals surface area contributed by atoms with Crippen molar-refractivity contribution in [2.75, 3.05) is 9.80 Å². The highest BCUT2D eigenvalue weighted by atomic mass is 15.2. The third-order valence-electron chi connectivity index (χ3n) is 21.0. The second-order valence-electron chi connectivity index (χ2n) is 27.2. The first-order chi connectivity index (χ1) is 42.7. The first-order valence-electron chi connectivity index (χ1n) is 31.4. The van der Waals surface area contributed by atoms with E-state index in [0.29, 0.717) is 0 Å². The van der Waals surface area contributed by atoms with Crippen LogP contribution in [0.5, 0.6) is 0 Å². The lowest BCUT2D eigenvalue weighted by molar-refractivity contribution is 0.660. The predicted molar refractivity (Wildman–Crippen MR) is 372 cm³/mol. The van der Waals surface area contributed by atoms with Crippen LogP contribution in [0.4, 0.5) is 34.1 Å². The summed E-state index contributed by atoms with van der Waals surface area (Å²) in [6.45, 7) is 19.2. The number of rotatable bonds is 8. The summed E-state index contributed by atoms with van der Waals surface area (Å²) in [4.78, 5) is 5.27. The summed E-state index contributed by atoms with van der Waals surface area (Å²) in [6, 6.07) is 102. The molecule has 88 heavy (non-hydrogen) atoms. The molecule has 4 aliphatic rings. The van der Waals surface area contributed by atoms with E-state index in [2.05, 4.69) is 332 Å². The molecule has 0 saturated heterocycles. The zero-order chi connectivity index (χ0) is 59.6. The maximum Gasteiger partial charge on any atom is 0.0620 e. The molecule has 2 nitrogen and oxygen atoms in total. The lowest BCUT2D eigenvalue weighted by atomic mass is 9.82. The van der Waals surface area contributed by atoms with Gasteiger partial charge < -0.3 is 9.80 Å². The predicted octanol–water partition coefficient (Wildman–Crippen LogP) is 23.5. The minimum Gasteiger partial charge on any atom is -0.309 e. The van der Waals surface area contributed by atoms with Gasteiger partial charge in [-0.1, -0.05) is 262 Å². The molecule has 0 heterocycles. The minimum atomic E-state index is -0.231. The summed E-state index contributed by atoms with van der Waals surface area (Å²) < 4.78 is 0. The molecule has 17 rings (SSSR count). The summed E-state index contributed by atoms with van der Waals surface area (Å²) in [5.74, 6) is 0. The number of hydrogen-bond donors (Lipinski definition) is 0. The molecule has 0 amide bonds. The van der Waals surface area contributed by atoms with Crippen molar-refractivity contribution < 1.29 is 0 Å². The summed E-state index contributed by atoms with van der Waals surface area (Å²) in [7, 11) is 0. The molecular formula is C86H68N2. The summed E-state index contributed by atoms with van der Waals surface area (Å²) >= 11 is 0. The molecule has 0 spiro atoms. The number of hydrogen-bond acceptors (Lipinski definition) is 2. The van der Waals surface area contributed by atoms with Crippen LogP contribution in [-0.4, -0.2) is 0 Å². The van der Waals surface area contributed by atoms with Gasteiger partial charge in [-0.3, -0.25) is 0 Å². The average molecular weight is 1130 g/mol. The van der Waals surface area contributed by atoms with Crippen molar-refractivity contribution in [2.24, 2.45) is 0 Å². The monoisotopic (exact) mass is 1130 g/mol. The van der Waals surface area contributed by atoms with Crippen LogP contribution < -0.4 is 9.80 Å². The molecule has 0 bridgehead atoms. The highest BCUT2D eigenvalue weighted by Gasteiger charge is 2.41. The Hall–Kier alpha value is -10.0. The number of fused-ring (bicyclic) bond motifs is 14. The quantitative estimate of drug-likeness (QED) is 0.111. The van der Waals surface area contributed by atoms with E-state index in [1.807, 2.05) is 0 Å². The molecule has 422 valence electrons. The topological polar surface area (TPSA) is 6.48 Å². The van der Waals surface area contributed by atoms with Gasteiger partial charge in [0.15, 0.2) is 0 Å². The maximum atomic E-state index is 2.64. The fourth-order valence-electron chi connectivity index (χ4n) is 16.4. The standard InChI is InChI=1S/C86H68N2/c1-83(2)76-34-22-18-30-64(76)70-49-57(40-46-77(70)83)87(58-37-43-65-61-27-15-19-31-73(61)84(3,4)78(65)50-58)81-68-41-35-56(54-25-13-10-14-26-54)48-72(68)82(69-42-36-55(47-71(69)81)53-23-11-9-12-24-53)88(59-38-44-66-62-28-16-20-32-74(62)85(5,6)79(66)51-59)60-39-45-67-63-29-17-21-33-75(63)86(7,8)80(67)52-60/h9-52H,1-8H3. The van der Waals surface area contributed by atoms with Gasteiger partial charge in [-0.05, 0) is 172 Å². The van der Waals surface area contributed by atoms with Gasteiger partial charge in [0.25, 0.3) is 0 Å². The second kappa shape index (κ2) is 18.7. The molecule has 0 unspecified atom stereocenters. The highest BCUT2D eigenvalue weighted by molar-refractivity contribution is 6.24. The fraction of sp³-hybridized carbons (Fsp3) is 0.140. The normalized spacial score (nSPS) is 15.2. The molecule has 0 aromatic heterocycles. The van der Waals surface area contributed by atoms with Gasteiger partial charge in [0.2, 0.25) is 0 Å². The Morgan fingerprint density at radius 3 is 0.852 bits per heavy atom. The van der Waals surface area contributed by atoms with Crippen molar-refractivity contribution in [1.82, 2.24) is 0 Å². The Labute approximate surface area is 517 Å². The molecule has 0 radical (unpaired) electrons. The largest absolute Gasteiger partial charge is 0.309 e. The van der Waals surface area contributed by atoms with Gasteiger partial charge in [0, 0.05) is 66.0 Å². The van der Waals surface area contributed by atoms with E-state index in [-0.39, 0.29) is 21.7 Å². The van der Waals surface area contributed by atoms with Gasteiger partial charge in [-0.2, -0.15) is 0 Å². The second-order valence-corrected chi connectivity index (χ2v) is 27.2. The molecule has 0 atom stereocenters. The van der Waals surface area contributed by atoms with Crippen LogP contribution in [0, 0.1) is 0 Å². The van der Waals surface area contributed by atoms with Crippen molar-refractivity contribution in [3.63, 3.8) is 0 Å². The number of nitrogens with zero attached hydrogens (tertiary/aromatic N) is 2. The van der Waals surface area contributed by atoms with Crippen LogP contribution in [0.15, 0.2) is 267 Å². The van der Waals surface area contributed by atoms with Crippen molar-refractivity contribution in [3.8, 4) is 66.8 Å². The molecule has 0 aliphatic heterocycles. The Bertz CT molecular complexity index is 4990. The maximum absolute atomic E-state index is 2.64. The van der Waals surface area contributed by atoms with Crippen LogP contribution in [0.1, 0.15) is 99.9 Å². The lowest BCUT2D eigenvalue weighted by Gasteiger charge is -2.35. The third-order valence-corrected chi connectivity index (χ3v) is 21.0. The fourth-order valence-corrected chi connectivity index (χ4v) is 16.4. The van der Waals surface area contributed by atoms with Crippen LogP contribution in [-0.2, 0) is 21.7 Å². The zero-order valence-corrected chi connectivity index (χ0v) is 51.3. The van der Waals surface area contributed by atoms with Crippen LogP contribution in [0.2, 0.25) is 0 Å². The van der Waals surface area contributed by atoms with Crippen molar-refractivity contribution in [2.45, 2.75) is 77.0 Å². The molecule has 2 heteroatoms. The Balaban J connectivity index is 1.02. The summed E-state index contributed by atoms with van der Waals surface area (Å²) in [6.07, 6.45) is 0. The van der Waals surface area contributed by atoms with E-state index in [1.165, 1.54) is 100 Å². The van der Waals surface area contributed by atoms with Crippen LogP contribution >= 0.6 is 0 Å². The van der Waals surface area contributed by atoms with Gasteiger partial charge in [0.1, 0.15) is 0 Å². The SMILES string of the molecule is CC1(C)c2ccccc2-c2cc(N(c3ccc4c(c3)C(C)(C)c3ccccc3-4)c3c4ccc(-c5ccccc5)cc4c(N(c4ccc5c(c4)C(C)(C)c4ccccc4-5)c4ccc5c(c4)C(C)(C)c4ccccc4-5)c4ccc(-c5ccccc5)cc34)ccc21. The van der Waals surface area contributed by atoms with Crippen molar-refractivity contribution in [3.05, 3.63) is 311 Å². The van der Waals surface area contributed by atoms with Crippen molar-refractivity contribution in [1.29, 1.82) is 0 Å². The Morgan fingerprint density at radius 1 is 0.193 bits per heavy atom. The summed E-state index contributed by atoms with van der Waals surface area (Å²) in [5.41, 5.74) is 31.8. The Kier molecular flexibility index (Phi) is 11.1. The summed E-state index contributed by atoms with van der Waals surface area (Å²) in [5, 5.41) is 4.64. The first-order valence-corrected chi connectivity index (χ1v) is 31.4. The Morgan fingerprint density at radius 2 is 0.477 bits per heavy atom. The van der Waals surface area contributed by atoms with Crippen LogP contribution in [0.3, 0.4) is 0 Å². The van der Waals surface area contributed by atoms with E-state index in [9.17, 15) is 0 Å². The number of benzene rings is 13. The zero-order valence-electron chi connectivity index (χ0n) is 51.3. The average Bonchev–Trinajstić information content (AvgIpc) is 1.55. The molecule has 4 aliphatic carbocycles. The van der Waals surface area contributed by atoms with Crippen LogP contribution in [0.25, 0.3) is 88.3 Å². The minimum absolute atomic E-state index is 0.160. The van der Waals surface area contributed by atoms with Gasteiger partial charge in [-0.25, -0.2) is 0 Å².